The van der Waals surface area contributed by atoms with Crippen LogP contribution < -0.4 is 10.1 Å². The van der Waals surface area contributed by atoms with Crippen LogP contribution in [0.25, 0.3) is 0 Å². The van der Waals surface area contributed by atoms with Gasteiger partial charge in [0.15, 0.2) is 0 Å². The van der Waals surface area contributed by atoms with Crippen LogP contribution in [0.4, 0.5) is 5.82 Å². The van der Waals surface area contributed by atoms with E-state index < -0.39 is 0 Å². The highest BCUT2D eigenvalue weighted by Gasteiger charge is 2.24. The van der Waals surface area contributed by atoms with E-state index in [1.807, 2.05) is 25.2 Å². The Morgan fingerprint density at radius 3 is 2.81 bits per heavy atom. The number of anilines is 1. The third-order valence-corrected chi connectivity index (χ3v) is 3.86. The molecule has 21 heavy (non-hydrogen) atoms. The van der Waals surface area contributed by atoms with E-state index in [9.17, 15) is 0 Å². The molecule has 0 spiro atoms. The number of nitrogens with zero attached hydrogens (tertiary/aromatic N) is 2. The second-order valence-corrected chi connectivity index (χ2v) is 5.76. The lowest BCUT2D eigenvalue weighted by molar-refractivity contribution is 0.257. The summed E-state index contributed by atoms with van der Waals surface area (Å²) in [4.78, 5) is 9.38. The Labute approximate surface area is 125 Å². The minimum atomic E-state index is 0.214. The first-order valence-corrected chi connectivity index (χ1v) is 7.44. The van der Waals surface area contributed by atoms with Crippen LogP contribution >= 0.6 is 0 Å². The third kappa shape index (κ3) is 2.84. The summed E-state index contributed by atoms with van der Waals surface area (Å²) in [6.45, 7) is 4.94. The van der Waals surface area contributed by atoms with Gasteiger partial charge in [-0.3, -0.25) is 0 Å². The van der Waals surface area contributed by atoms with E-state index in [0.29, 0.717) is 12.5 Å². The fourth-order valence-corrected chi connectivity index (χ4v) is 2.59. The topological polar surface area (TPSA) is 47.0 Å². The molecule has 1 aliphatic rings. The molecule has 4 nitrogen and oxygen atoms in total. The fraction of sp³-hybridized carbons (Fsp3) is 0.412. The summed E-state index contributed by atoms with van der Waals surface area (Å²) >= 11 is 0. The molecule has 0 amide bonds. The number of para-hydroxylation sites is 1. The number of aromatic nitrogens is 2. The number of rotatable bonds is 3. The highest BCUT2D eigenvalue weighted by Crippen LogP contribution is 2.31. The van der Waals surface area contributed by atoms with E-state index >= 15 is 0 Å². The molecule has 1 aromatic carbocycles. The van der Waals surface area contributed by atoms with Gasteiger partial charge in [-0.15, -0.1) is 0 Å². The Bertz CT molecular complexity index is 640. The van der Waals surface area contributed by atoms with Gasteiger partial charge < -0.3 is 10.1 Å². The first-order chi connectivity index (χ1) is 10.2. The second-order valence-electron chi connectivity index (χ2n) is 5.76. The van der Waals surface area contributed by atoms with Crippen LogP contribution in [0.2, 0.25) is 0 Å². The number of nitrogens with one attached hydrogen (secondary N) is 1. The number of hydrogen-bond donors (Lipinski definition) is 1. The molecule has 1 N–H and O–H groups in total. The van der Waals surface area contributed by atoms with E-state index in [-0.39, 0.29) is 5.92 Å². The van der Waals surface area contributed by atoms with Crippen molar-refractivity contribution < 1.29 is 4.74 Å². The summed E-state index contributed by atoms with van der Waals surface area (Å²) in [5.74, 6) is 3.34. The molecule has 3 rings (SSSR count). The fourth-order valence-electron chi connectivity index (χ4n) is 2.59. The monoisotopic (exact) mass is 283 g/mol. The summed E-state index contributed by atoms with van der Waals surface area (Å²) < 4.78 is 5.86. The van der Waals surface area contributed by atoms with Crippen molar-refractivity contribution in [1.29, 1.82) is 0 Å². The SMILES string of the molecule is CNc1cc(C(C)C)nc(C2COc3ccccc3C2)n1. The first kappa shape index (κ1) is 13.9. The average Bonchev–Trinajstić information content (AvgIpc) is 2.53. The molecule has 0 saturated carbocycles. The molecule has 110 valence electrons. The summed E-state index contributed by atoms with van der Waals surface area (Å²) in [5, 5.41) is 3.13. The van der Waals surface area contributed by atoms with Crippen LogP contribution in [0.15, 0.2) is 30.3 Å². The maximum absolute atomic E-state index is 5.86. The standard InChI is InChI=1S/C17H21N3O/c1-11(2)14-9-16(18-3)20-17(19-14)13-8-12-6-4-5-7-15(12)21-10-13/h4-7,9,11,13H,8,10H2,1-3H3,(H,18,19,20). The largest absolute Gasteiger partial charge is 0.493 e. The number of ether oxygens (including phenoxy) is 1. The molecule has 0 bridgehead atoms. The van der Waals surface area contributed by atoms with Gasteiger partial charge in [0.25, 0.3) is 0 Å². The van der Waals surface area contributed by atoms with Gasteiger partial charge in [-0.1, -0.05) is 32.0 Å². The van der Waals surface area contributed by atoms with Gasteiger partial charge in [0.1, 0.15) is 17.4 Å². The van der Waals surface area contributed by atoms with E-state index in [4.69, 9.17) is 9.72 Å². The Morgan fingerprint density at radius 1 is 1.24 bits per heavy atom. The second kappa shape index (κ2) is 5.72. The van der Waals surface area contributed by atoms with Gasteiger partial charge in [-0.05, 0) is 24.0 Å². The van der Waals surface area contributed by atoms with Gasteiger partial charge in [-0.2, -0.15) is 0 Å². The van der Waals surface area contributed by atoms with Gasteiger partial charge >= 0.3 is 0 Å². The van der Waals surface area contributed by atoms with Crippen molar-refractivity contribution in [3.8, 4) is 5.75 Å². The Kier molecular flexibility index (Phi) is 3.78. The molecular weight excluding hydrogens is 262 g/mol. The van der Waals surface area contributed by atoms with Gasteiger partial charge in [0, 0.05) is 18.8 Å². The van der Waals surface area contributed by atoms with Gasteiger partial charge in [0.05, 0.1) is 12.5 Å². The van der Waals surface area contributed by atoms with E-state index in [0.717, 1.165) is 29.5 Å². The van der Waals surface area contributed by atoms with Crippen LogP contribution in [0.1, 0.15) is 42.8 Å². The highest BCUT2D eigenvalue weighted by atomic mass is 16.5. The van der Waals surface area contributed by atoms with Crippen LogP contribution in [-0.2, 0) is 6.42 Å². The molecule has 1 atom stereocenters. The molecule has 1 unspecified atom stereocenters. The zero-order valence-electron chi connectivity index (χ0n) is 12.8. The lowest BCUT2D eigenvalue weighted by atomic mass is 9.95. The molecular formula is C17H21N3O. The van der Waals surface area contributed by atoms with E-state index in [1.165, 1.54) is 5.56 Å². The lowest BCUT2D eigenvalue weighted by Crippen LogP contribution is -2.22. The summed E-state index contributed by atoms with van der Waals surface area (Å²) in [6.07, 6.45) is 0.931. The molecule has 0 aliphatic carbocycles. The van der Waals surface area contributed by atoms with Gasteiger partial charge in [-0.25, -0.2) is 9.97 Å². The van der Waals surface area contributed by atoms with Crippen molar-refractivity contribution in [1.82, 2.24) is 9.97 Å². The predicted molar refractivity (Wildman–Crippen MR) is 84.0 cm³/mol. The molecule has 4 heteroatoms. The van der Waals surface area contributed by atoms with Crippen molar-refractivity contribution in [3.05, 3.63) is 47.4 Å². The number of hydrogen-bond acceptors (Lipinski definition) is 4. The highest BCUT2D eigenvalue weighted by molar-refractivity contribution is 5.39. The Hall–Kier alpha value is -2.10. The van der Waals surface area contributed by atoms with Crippen molar-refractivity contribution >= 4 is 5.82 Å². The molecule has 1 aliphatic heterocycles. The predicted octanol–water partition coefficient (Wildman–Crippen LogP) is 3.36. The van der Waals surface area contributed by atoms with Gasteiger partial charge in [0.2, 0.25) is 0 Å². The first-order valence-electron chi connectivity index (χ1n) is 7.44. The smallest absolute Gasteiger partial charge is 0.137 e. The van der Waals surface area contributed by atoms with Crippen LogP contribution in [-0.4, -0.2) is 23.6 Å². The number of benzene rings is 1. The molecule has 2 heterocycles. The molecule has 1 aromatic heterocycles. The maximum atomic E-state index is 5.86. The minimum absolute atomic E-state index is 0.214. The quantitative estimate of drug-likeness (QED) is 0.938. The minimum Gasteiger partial charge on any atom is -0.493 e. The van der Waals surface area contributed by atoms with E-state index in [2.05, 4.69) is 36.3 Å². The van der Waals surface area contributed by atoms with Crippen molar-refractivity contribution in [2.45, 2.75) is 32.1 Å². The summed E-state index contributed by atoms with van der Waals surface area (Å²) in [6, 6.07) is 10.2. The summed E-state index contributed by atoms with van der Waals surface area (Å²) in [5.41, 5.74) is 2.31. The third-order valence-electron chi connectivity index (χ3n) is 3.86. The summed E-state index contributed by atoms with van der Waals surface area (Å²) in [7, 11) is 1.89. The Balaban J connectivity index is 1.92. The number of fused-ring (bicyclic) bond motifs is 1. The molecule has 0 saturated heterocycles. The molecule has 2 aromatic rings. The van der Waals surface area contributed by atoms with Crippen LogP contribution in [0.5, 0.6) is 5.75 Å². The van der Waals surface area contributed by atoms with Crippen LogP contribution in [0, 0.1) is 0 Å². The van der Waals surface area contributed by atoms with Crippen molar-refractivity contribution in [3.63, 3.8) is 0 Å². The normalized spacial score (nSPS) is 17.2. The Morgan fingerprint density at radius 2 is 2.05 bits per heavy atom. The average molecular weight is 283 g/mol. The van der Waals surface area contributed by atoms with E-state index in [1.54, 1.807) is 0 Å². The molecule has 0 radical (unpaired) electrons. The lowest BCUT2D eigenvalue weighted by Gasteiger charge is -2.25. The zero-order valence-corrected chi connectivity index (χ0v) is 12.8. The van der Waals surface area contributed by atoms with Crippen molar-refractivity contribution in [2.75, 3.05) is 19.0 Å². The zero-order chi connectivity index (χ0) is 14.8. The molecule has 0 fully saturated rings. The maximum Gasteiger partial charge on any atom is 0.137 e. The van der Waals surface area contributed by atoms with Crippen LogP contribution in [0.3, 0.4) is 0 Å². The van der Waals surface area contributed by atoms with Crippen molar-refractivity contribution in [2.24, 2.45) is 0 Å².